The van der Waals surface area contributed by atoms with Gasteiger partial charge in [-0.25, -0.2) is 9.18 Å². The van der Waals surface area contributed by atoms with Crippen molar-refractivity contribution in [1.29, 1.82) is 0 Å². The number of amides is 2. The molecule has 2 amide bonds. The molecule has 0 aromatic heterocycles. The Morgan fingerprint density at radius 1 is 0.967 bits per heavy atom. The highest BCUT2D eigenvalue weighted by Crippen LogP contribution is 2.28. The molecule has 2 aromatic carbocycles. The Balaban J connectivity index is 2.06. The summed E-state index contributed by atoms with van der Waals surface area (Å²) in [6, 6.07) is 9.06. The van der Waals surface area contributed by atoms with Crippen LogP contribution in [0.3, 0.4) is 0 Å². The maximum Gasteiger partial charge on any atom is 0.412 e. The van der Waals surface area contributed by atoms with E-state index in [1.54, 1.807) is 45.0 Å². The van der Waals surface area contributed by atoms with E-state index in [1.165, 1.54) is 32.4 Å². The third kappa shape index (κ3) is 6.80. The standard InChI is InChI=1S/C22H25FN2O5/c1-22(2,3)30-21(27)25-17-13-15(8-9-16(17)23)24-20(26)11-7-14-6-10-18(28-4)19(12-14)29-5/h6-13H,1-5H3,(H,24,26)(H,25,27). The molecule has 0 unspecified atom stereocenters. The van der Waals surface area contributed by atoms with Crippen LogP contribution in [-0.4, -0.2) is 31.8 Å². The van der Waals surface area contributed by atoms with Crippen LogP contribution < -0.4 is 20.1 Å². The zero-order chi connectivity index (χ0) is 22.3. The summed E-state index contributed by atoms with van der Waals surface area (Å²) in [5.41, 5.74) is 0.214. The van der Waals surface area contributed by atoms with Crippen LogP contribution in [0.4, 0.5) is 20.6 Å². The second-order valence-corrected chi connectivity index (χ2v) is 7.26. The molecule has 2 N–H and O–H groups in total. The summed E-state index contributed by atoms with van der Waals surface area (Å²) in [4.78, 5) is 24.1. The first-order chi connectivity index (χ1) is 14.1. The minimum atomic E-state index is -0.793. The number of hydrogen-bond donors (Lipinski definition) is 2. The topological polar surface area (TPSA) is 85.9 Å². The van der Waals surface area contributed by atoms with Gasteiger partial charge in [-0.15, -0.1) is 0 Å². The average molecular weight is 416 g/mol. The lowest BCUT2D eigenvalue weighted by molar-refractivity contribution is -0.111. The molecule has 0 heterocycles. The normalized spacial score (nSPS) is 11.1. The molecule has 0 fully saturated rings. The van der Waals surface area contributed by atoms with E-state index >= 15 is 0 Å². The summed E-state index contributed by atoms with van der Waals surface area (Å²) in [6.45, 7) is 5.10. The van der Waals surface area contributed by atoms with Crippen LogP contribution >= 0.6 is 0 Å². The number of methoxy groups -OCH3 is 2. The van der Waals surface area contributed by atoms with Gasteiger partial charge in [-0.1, -0.05) is 6.07 Å². The Hall–Kier alpha value is -3.55. The van der Waals surface area contributed by atoms with Crippen molar-refractivity contribution in [3.8, 4) is 11.5 Å². The number of anilines is 2. The van der Waals surface area contributed by atoms with E-state index in [0.717, 1.165) is 11.6 Å². The minimum absolute atomic E-state index is 0.106. The fraction of sp³-hybridized carbons (Fsp3) is 0.273. The van der Waals surface area contributed by atoms with Gasteiger partial charge in [0.05, 0.1) is 19.9 Å². The van der Waals surface area contributed by atoms with Gasteiger partial charge in [-0.2, -0.15) is 0 Å². The predicted octanol–water partition coefficient (Wildman–Crippen LogP) is 4.84. The van der Waals surface area contributed by atoms with E-state index in [4.69, 9.17) is 14.2 Å². The molecule has 0 atom stereocenters. The third-order valence-corrected chi connectivity index (χ3v) is 3.70. The lowest BCUT2D eigenvalue weighted by atomic mass is 10.2. The molecule has 0 radical (unpaired) electrons. The Bertz CT molecular complexity index is 951. The molecule has 0 saturated heterocycles. The van der Waals surface area contributed by atoms with Gasteiger partial charge in [0.1, 0.15) is 11.4 Å². The Morgan fingerprint density at radius 2 is 1.67 bits per heavy atom. The SMILES string of the molecule is COc1ccc(C=CC(=O)Nc2ccc(F)c(NC(=O)OC(C)(C)C)c2)cc1OC. The van der Waals surface area contributed by atoms with Crippen molar-refractivity contribution in [1.82, 2.24) is 0 Å². The van der Waals surface area contributed by atoms with Crippen LogP contribution in [0, 0.1) is 5.82 Å². The number of ether oxygens (including phenoxy) is 3. The van der Waals surface area contributed by atoms with Crippen LogP contribution in [0.25, 0.3) is 6.08 Å². The highest BCUT2D eigenvalue weighted by atomic mass is 19.1. The van der Waals surface area contributed by atoms with Crippen LogP contribution in [0.2, 0.25) is 0 Å². The highest BCUT2D eigenvalue weighted by Gasteiger charge is 2.17. The highest BCUT2D eigenvalue weighted by molar-refractivity contribution is 6.02. The molecule has 2 aromatic rings. The number of benzene rings is 2. The molecule has 160 valence electrons. The molecule has 0 aliphatic carbocycles. The lowest BCUT2D eigenvalue weighted by Crippen LogP contribution is -2.27. The molecular formula is C22H25FN2O5. The number of rotatable bonds is 6. The molecule has 7 nitrogen and oxygen atoms in total. The number of carbonyl (C=O) groups is 2. The molecule has 0 aliphatic rings. The van der Waals surface area contributed by atoms with Crippen molar-refractivity contribution < 1.29 is 28.2 Å². The average Bonchev–Trinajstić information content (AvgIpc) is 2.67. The summed E-state index contributed by atoms with van der Waals surface area (Å²) in [5, 5.41) is 4.94. The molecule has 30 heavy (non-hydrogen) atoms. The Labute approximate surface area is 174 Å². The fourth-order valence-corrected chi connectivity index (χ4v) is 2.42. The second kappa shape index (κ2) is 9.78. The molecule has 8 heteroatoms. The molecule has 0 spiro atoms. The Kier molecular flexibility index (Phi) is 7.41. The number of nitrogens with one attached hydrogen (secondary N) is 2. The summed E-state index contributed by atoms with van der Waals surface area (Å²) < 4.78 is 29.5. The number of carbonyl (C=O) groups excluding carboxylic acids is 2. The second-order valence-electron chi connectivity index (χ2n) is 7.26. The zero-order valence-electron chi connectivity index (χ0n) is 17.5. The fourth-order valence-electron chi connectivity index (χ4n) is 2.42. The first-order valence-electron chi connectivity index (χ1n) is 9.12. The quantitative estimate of drug-likeness (QED) is 0.658. The van der Waals surface area contributed by atoms with Gasteiger partial charge in [-0.3, -0.25) is 10.1 Å². The molecular weight excluding hydrogens is 391 g/mol. The van der Waals surface area contributed by atoms with Gasteiger partial charge in [0, 0.05) is 11.8 Å². The molecule has 0 bridgehead atoms. The van der Waals surface area contributed by atoms with Gasteiger partial charge >= 0.3 is 6.09 Å². The van der Waals surface area contributed by atoms with Crippen LogP contribution in [-0.2, 0) is 9.53 Å². The monoisotopic (exact) mass is 416 g/mol. The molecule has 0 aliphatic heterocycles. The van der Waals surface area contributed by atoms with Gasteiger partial charge in [0.2, 0.25) is 5.91 Å². The molecule has 0 saturated carbocycles. The first-order valence-corrected chi connectivity index (χ1v) is 9.12. The van der Waals surface area contributed by atoms with Crippen molar-refractivity contribution in [2.24, 2.45) is 0 Å². The summed E-state index contributed by atoms with van der Waals surface area (Å²) >= 11 is 0. The maximum absolute atomic E-state index is 14.0. The zero-order valence-corrected chi connectivity index (χ0v) is 17.5. The minimum Gasteiger partial charge on any atom is -0.493 e. The number of halogens is 1. The lowest BCUT2D eigenvalue weighted by Gasteiger charge is -2.20. The van der Waals surface area contributed by atoms with E-state index in [9.17, 15) is 14.0 Å². The van der Waals surface area contributed by atoms with Crippen LogP contribution in [0.15, 0.2) is 42.5 Å². The predicted molar refractivity (Wildman–Crippen MR) is 113 cm³/mol. The third-order valence-electron chi connectivity index (χ3n) is 3.70. The van der Waals surface area contributed by atoms with E-state index in [0.29, 0.717) is 17.2 Å². The summed E-state index contributed by atoms with van der Waals surface area (Å²) in [7, 11) is 3.06. The van der Waals surface area contributed by atoms with Crippen molar-refractivity contribution in [3.05, 3.63) is 53.9 Å². The van der Waals surface area contributed by atoms with E-state index in [-0.39, 0.29) is 5.69 Å². The van der Waals surface area contributed by atoms with Gasteiger partial charge < -0.3 is 19.5 Å². The number of hydrogen-bond acceptors (Lipinski definition) is 5. The smallest absolute Gasteiger partial charge is 0.412 e. The Morgan fingerprint density at radius 3 is 2.30 bits per heavy atom. The van der Waals surface area contributed by atoms with Crippen LogP contribution in [0.5, 0.6) is 11.5 Å². The van der Waals surface area contributed by atoms with Crippen molar-refractivity contribution >= 4 is 29.5 Å². The maximum atomic E-state index is 14.0. The van der Waals surface area contributed by atoms with Gasteiger partial charge in [0.15, 0.2) is 11.5 Å². The van der Waals surface area contributed by atoms with E-state index < -0.39 is 23.4 Å². The van der Waals surface area contributed by atoms with Gasteiger partial charge in [-0.05, 0) is 62.7 Å². The largest absolute Gasteiger partial charge is 0.493 e. The van der Waals surface area contributed by atoms with Crippen LogP contribution in [0.1, 0.15) is 26.3 Å². The van der Waals surface area contributed by atoms with E-state index in [2.05, 4.69) is 10.6 Å². The summed E-state index contributed by atoms with van der Waals surface area (Å²) in [5.74, 6) is 0.0335. The molecule has 2 rings (SSSR count). The first kappa shape index (κ1) is 22.7. The van der Waals surface area contributed by atoms with Crippen molar-refractivity contribution in [3.63, 3.8) is 0 Å². The van der Waals surface area contributed by atoms with Gasteiger partial charge in [0.25, 0.3) is 0 Å². The summed E-state index contributed by atoms with van der Waals surface area (Å²) in [6.07, 6.45) is 2.13. The van der Waals surface area contributed by atoms with Crippen molar-refractivity contribution in [2.45, 2.75) is 26.4 Å². The van der Waals surface area contributed by atoms with Crippen molar-refractivity contribution in [2.75, 3.05) is 24.9 Å². The van der Waals surface area contributed by atoms with E-state index in [1.807, 2.05) is 0 Å².